The van der Waals surface area contributed by atoms with E-state index in [4.69, 9.17) is 0 Å². The third-order valence-corrected chi connectivity index (χ3v) is 4.38. The van der Waals surface area contributed by atoms with E-state index < -0.39 is 0 Å². The third-order valence-electron chi connectivity index (χ3n) is 4.38. The first kappa shape index (κ1) is 20.9. The molecular formula is C19H26Cl2N2O. The molecule has 0 bridgehead atoms. The maximum atomic E-state index is 9.75. The number of aliphatic hydroxyl groups excluding tert-OH is 1. The molecule has 1 atom stereocenters. The van der Waals surface area contributed by atoms with Crippen LogP contribution in [0.5, 0.6) is 0 Å². The number of aliphatic hydroxyl groups is 1. The van der Waals surface area contributed by atoms with Gasteiger partial charge in [-0.15, -0.1) is 24.8 Å². The molecule has 2 aromatic carbocycles. The molecule has 0 radical (unpaired) electrons. The second kappa shape index (κ2) is 10.7. The van der Waals surface area contributed by atoms with Crippen LogP contribution in [0.4, 0.5) is 0 Å². The van der Waals surface area contributed by atoms with Crippen molar-refractivity contribution in [1.82, 2.24) is 9.80 Å². The van der Waals surface area contributed by atoms with Gasteiger partial charge in [-0.3, -0.25) is 9.80 Å². The molecule has 5 heteroatoms. The molecule has 1 aliphatic heterocycles. The third kappa shape index (κ3) is 5.76. The first-order valence-electron chi connectivity index (χ1n) is 8.00. The molecule has 132 valence electrons. The van der Waals surface area contributed by atoms with Crippen LogP contribution in [0.25, 0.3) is 0 Å². The Morgan fingerprint density at radius 3 is 1.88 bits per heavy atom. The zero-order valence-electron chi connectivity index (χ0n) is 13.8. The number of hydrogen-bond acceptors (Lipinski definition) is 3. The van der Waals surface area contributed by atoms with Crippen molar-refractivity contribution < 1.29 is 5.11 Å². The van der Waals surface area contributed by atoms with Crippen LogP contribution in [0.2, 0.25) is 0 Å². The maximum absolute atomic E-state index is 9.75. The van der Waals surface area contributed by atoms with Gasteiger partial charge in [0.25, 0.3) is 0 Å². The fourth-order valence-electron chi connectivity index (χ4n) is 3.14. The van der Waals surface area contributed by atoms with Crippen LogP contribution in [0, 0.1) is 0 Å². The summed E-state index contributed by atoms with van der Waals surface area (Å²) in [5.41, 5.74) is 2.66. The summed E-state index contributed by atoms with van der Waals surface area (Å²) < 4.78 is 0. The summed E-state index contributed by atoms with van der Waals surface area (Å²) >= 11 is 0. The first-order valence-corrected chi connectivity index (χ1v) is 8.00. The van der Waals surface area contributed by atoms with E-state index in [0.717, 1.165) is 32.7 Å². The molecule has 1 N–H and O–H groups in total. The number of halogens is 2. The summed E-state index contributed by atoms with van der Waals surface area (Å²) in [6.07, 6.45) is 0. The normalized spacial score (nSPS) is 18.5. The molecule has 1 aliphatic rings. The molecule has 0 saturated carbocycles. The first-order chi connectivity index (χ1) is 10.8. The maximum Gasteiger partial charge on any atom is 0.0599 e. The zero-order valence-corrected chi connectivity index (χ0v) is 15.4. The lowest BCUT2D eigenvalue weighted by atomic mass is 10.1. The highest BCUT2D eigenvalue weighted by Crippen LogP contribution is 2.16. The number of hydrogen-bond donors (Lipinski definition) is 1. The molecule has 1 fully saturated rings. The van der Waals surface area contributed by atoms with E-state index >= 15 is 0 Å². The van der Waals surface area contributed by atoms with E-state index in [9.17, 15) is 5.11 Å². The number of benzene rings is 2. The van der Waals surface area contributed by atoms with Crippen molar-refractivity contribution in [2.24, 2.45) is 0 Å². The molecular weight excluding hydrogens is 343 g/mol. The lowest BCUT2D eigenvalue weighted by Gasteiger charge is -2.40. The minimum absolute atomic E-state index is 0. The average Bonchev–Trinajstić information content (AvgIpc) is 2.58. The zero-order chi connectivity index (χ0) is 15.2. The molecule has 24 heavy (non-hydrogen) atoms. The van der Waals surface area contributed by atoms with E-state index in [2.05, 4.69) is 64.4 Å². The molecule has 0 aliphatic carbocycles. The second-order valence-corrected chi connectivity index (χ2v) is 6.01. The molecule has 1 unspecified atom stereocenters. The number of piperazine rings is 1. The number of nitrogens with zero attached hydrogens (tertiary/aromatic N) is 2. The molecule has 3 nitrogen and oxygen atoms in total. The van der Waals surface area contributed by atoms with Gasteiger partial charge in [-0.2, -0.15) is 0 Å². The van der Waals surface area contributed by atoms with Crippen molar-refractivity contribution in [3.05, 3.63) is 71.8 Å². The Kier molecular flexibility index (Phi) is 9.34. The highest BCUT2D eigenvalue weighted by molar-refractivity contribution is 5.85. The molecule has 2 aromatic rings. The summed E-state index contributed by atoms with van der Waals surface area (Å²) in [7, 11) is 0. The topological polar surface area (TPSA) is 26.7 Å². The fraction of sp³-hybridized carbons (Fsp3) is 0.368. The van der Waals surface area contributed by atoms with Crippen LogP contribution in [-0.4, -0.2) is 47.2 Å². The van der Waals surface area contributed by atoms with Crippen molar-refractivity contribution in [2.45, 2.75) is 19.1 Å². The van der Waals surface area contributed by atoms with Crippen LogP contribution in [0.15, 0.2) is 60.7 Å². The van der Waals surface area contributed by atoms with Crippen molar-refractivity contribution in [2.75, 3.05) is 26.2 Å². The van der Waals surface area contributed by atoms with Gasteiger partial charge < -0.3 is 5.11 Å². The molecule has 0 amide bonds. The SMILES string of the molecule is Cl.Cl.OCC1CN(Cc2ccccc2)CCN1Cc1ccccc1. The lowest BCUT2D eigenvalue weighted by molar-refractivity contribution is 0.0316. The Morgan fingerprint density at radius 2 is 1.33 bits per heavy atom. The van der Waals surface area contributed by atoms with Gasteiger partial charge in [0.1, 0.15) is 0 Å². The standard InChI is InChI=1S/C19H24N2O.2ClH/c22-16-19-15-20(13-17-7-3-1-4-8-17)11-12-21(19)14-18-9-5-2-6-10-18;;/h1-10,19,22H,11-16H2;2*1H. The Labute approximate surface area is 157 Å². The average molecular weight is 369 g/mol. The second-order valence-electron chi connectivity index (χ2n) is 6.01. The molecule has 3 rings (SSSR count). The summed E-state index contributed by atoms with van der Waals surface area (Å²) in [5.74, 6) is 0. The summed E-state index contributed by atoms with van der Waals surface area (Å²) in [4.78, 5) is 4.84. The van der Waals surface area contributed by atoms with Gasteiger partial charge in [0.2, 0.25) is 0 Å². The summed E-state index contributed by atoms with van der Waals surface area (Å²) in [5, 5.41) is 9.75. The van der Waals surface area contributed by atoms with Gasteiger partial charge in [-0.05, 0) is 11.1 Å². The van der Waals surface area contributed by atoms with Gasteiger partial charge in [0, 0.05) is 38.8 Å². The fourth-order valence-corrected chi connectivity index (χ4v) is 3.14. The van der Waals surface area contributed by atoms with Crippen LogP contribution < -0.4 is 0 Å². The Balaban J connectivity index is 0.00000144. The largest absolute Gasteiger partial charge is 0.395 e. The Morgan fingerprint density at radius 1 is 0.792 bits per heavy atom. The smallest absolute Gasteiger partial charge is 0.0599 e. The summed E-state index contributed by atoms with van der Waals surface area (Å²) in [6, 6.07) is 21.3. The van der Waals surface area contributed by atoms with Gasteiger partial charge in [-0.25, -0.2) is 0 Å². The Hall–Kier alpha value is -1.10. The number of rotatable bonds is 5. The molecule has 0 spiro atoms. The van der Waals surface area contributed by atoms with Crippen molar-refractivity contribution >= 4 is 24.8 Å². The monoisotopic (exact) mass is 368 g/mol. The van der Waals surface area contributed by atoms with E-state index in [-0.39, 0.29) is 37.5 Å². The van der Waals surface area contributed by atoms with E-state index in [0.29, 0.717) is 0 Å². The van der Waals surface area contributed by atoms with E-state index in [1.54, 1.807) is 0 Å². The van der Waals surface area contributed by atoms with E-state index in [1.165, 1.54) is 11.1 Å². The van der Waals surface area contributed by atoms with Crippen LogP contribution in [-0.2, 0) is 13.1 Å². The molecule has 1 saturated heterocycles. The highest BCUT2D eigenvalue weighted by atomic mass is 35.5. The highest BCUT2D eigenvalue weighted by Gasteiger charge is 2.26. The predicted molar refractivity (Wildman–Crippen MR) is 104 cm³/mol. The van der Waals surface area contributed by atoms with Crippen LogP contribution in [0.3, 0.4) is 0 Å². The molecule has 0 aromatic heterocycles. The lowest BCUT2D eigenvalue weighted by Crippen LogP contribution is -2.53. The van der Waals surface area contributed by atoms with Crippen molar-refractivity contribution in [3.8, 4) is 0 Å². The van der Waals surface area contributed by atoms with Crippen LogP contribution in [0.1, 0.15) is 11.1 Å². The summed E-state index contributed by atoms with van der Waals surface area (Å²) in [6.45, 7) is 5.10. The minimum atomic E-state index is 0. The molecule has 1 heterocycles. The minimum Gasteiger partial charge on any atom is -0.395 e. The van der Waals surface area contributed by atoms with Crippen molar-refractivity contribution in [1.29, 1.82) is 0 Å². The van der Waals surface area contributed by atoms with Crippen LogP contribution >= 0.6 is 24.8 Å². The van der Waals surface area contributed by atoms with Gasteiger partial charge >= 0.3 is 0 Å². The van der Waals surface area contributed by atoms with Gasteiger partial charge in [0.05, 0.1) is 6.61 Å². The van der Waals surface area contributed by atoms with Gasteiger partial charge in [-0.1, -0.05) is 60.7 Å². The van der Waals surface area contributed by atoms with Crippen molar-refractivity contribution in [3.63, 3.8) is 0 Å². The predicted octanol–water partition coefficient (Wildman–Crippen LogP) is 3.21. The van der Waals surface area contributed by atoms with Gasteiger partial charge in [0.15, 0.2) is 0 Å². The Bertz CT molecular complexity index is 568. The quantitative estimate of drug-likeness (QED) is 0.877. The van der Waals surface area contributed by atoms with E-state index in [1.807, 2.05) is 6.07 Å².